The molecule has 0 saturated heterocycles. The van der Waals surface area contributed by atoms with Gasteiger partial charge in [-0.05, 0) is 50.1 Å². The van der Waals surface area contributed by atoms with Gasteiger partial charge in [0.25, 0.3) is 5.56 Å². The van der Waals surface area contributed by atoms with Crippen LogP contribution in [0.2, 0.25) is 0 Å². The van der Waals surface area contributed by atoms with Gasteiger partial charge in [0, 0.05) is 24.8 Å². The zero-order valence-electron chi connectivity index (χ0n) is 12.7. The van der Waals surface area contributed by atoms with E-state index in [1.54, 1.807) is 16.8 Å². The van der Waals surface area contributed by atoms with Gasteiger partial charge in [-0.15, -0.1) is 0 Å². The number of aromatic nitrogens is 1. The molecule has 0 bridgehead atoms. The van der Waals surface area contributed by atoms with Crippen LogP contribution < -0.4 is 16.0 Å². The summed E-state index contributed by atoms with van der Waals surface area (Å²) in [4.78, 5) is 11.9. The van der Waals surface area contributed by atoms with Crippen LogP contribution in [0.5, 0.6) is 5.75 Å². The summed E-state index contributed by atoms with van der Waals surface area (Å²) in [5.41, 5.74) is 8.10. The summed E-state index contributed by atoms with van der Waals surface area (Å²) in [5, 5.41) is 0. The predicted molar refractivity (Wildman–Crippen MR) is 84.6 cm³/mol. The monoisotopic (exact) mass is 286 g/mol. The summed E-state index contributed by atoms with van der Waals surface area (Å²) >= 11 is 0. The molecule has 0 aliphatic heterocycles. The average Bonchev–Trinajstić information content (AvgIpc) is 2.42. The lowest BCUT2D eigenvalue weighted by atomic mass is 10.1. The molecule has 1 aromatic carbocycles. The van der Waals surface area contributed by atoms with Gasteiger partial charge < -0.3 is 15.0 Å². The first-order valence-electron chi connectivity index (χ1n) is 7.15. The number of nitrogens with zero attached hydrogens (tertiary/aromatic N) is 1. The number of hydrogen-bond acceptors (Lipinski definition) is 3. The zero-order valence-corrected chi connectivity index (χ0v) is 12.7. The Morgan fingerprint density at radius 3 is 2.43 bits per heavy atom. The number of rotatable bonds is 5. The summed E-state index contributed by atoms with van der Waals surface area (Å²) in [6, 6.07) is 11.0. The summed E-state index contributed by atoms with van der Waals surface area (Å²) < 4.78 is 7.24. The summed E-state index contributed by atoms with van der Waals surface area (Å²) in [7, 11) is 0. The van der Waals surface area contributed by atoms with E-state index >= 15 is 0 Å². The maximum absolute atomic E-state index is 11.9. The highest BCUT2D eigenvalue weighted by atomic mass is 16.5. The van der Waals surface area contributed by atoms with Crippen LogP contribution in [0.4, 0.5) is 0 Å². The molecule has 0 aliphatic carbocycles. The SMILES string of the molecule is Cc1ccn(CC(N)c2ccc(OC(C)C)cc2)c(=O)c1. The molecule has 21 heavy (non-hydrogen) atoms. The van der Waals surface area contributed by atoms with Crippen molar-refractivity contribution in [1.29, 1.82) is 0 Å². The van der Waals surface area contributed by atoms with E-state index < -0.39 is 0 Å². The van der Waals surface area contributed by atoms with Crippen LogP contribution in [0.25, 0.3) is 0 Å². The van der Waals surface area contributed by atoms with Gasteiger partial charge in [0.1, 0.15) is 5.75 Å². The maximum Gasteiger partial charge on any atom is 0.250 e. The van der Waals surface area contributed by atoms with Gasteiger partial charge in [-0.25, -0.2) is 0 Å². The van der Waals surface area contributed by atoms with Crippen LogP contribution in [0, 0.1) is 6.92 Å². The largest absolute Gasteiger partial charge is 0.491 e. The van der Waals surface area contributed by atoms with E-state index in [0.29, 0.717) is 6.54 Å². The van der Waals surface area contributed by atoms with E-state index in [9.17, 15) is 4.79 Å². The second kappa shape index (κ2) is 6.59. The second-order valence-electron chi connectivity index (χ2n) is 5.54. The third-order valence-electron chi connectivity index (χ3n) is 3.23. The van der Waals surface area contributed by atoms with Crippen molar-refractivity contribution in [2.75, 3.05) is 0 Å². The first-order chi connectivity index (χ1) is 9.95. The summed E-state index contributed by atoms with van der Waals surface area (Å²) in [6.07, 6.45) is 1.93. The highest BCUT2D eigenvalue weighted by Gasteiger charge is 2.08. The Hall–Kier alpha value is -2.07. The number of hydrogen-bond donors (Lipinski definition) is 1. The third-order valence-corrected chi connectivity index (χ3v) is 3.23. The highest BCUT2D eigenvalue weighted by Crippen LogP contribution is 2.18. The number of aryl methyl sites for hydroxylation is 1. The summed E-state index contributed by atoms with van der Waals surface area (Å²) in [5.74, 6) is 0.827. The van der Waals surface area contributed by atoms with E-state index in [2.05, 4.69) is 0 Å². The molecule has 1 unspecified atom stereocenters. The van der Waals surface area contributed by atoms with E-state index in [1.807, 2.05) is 51.1 Å². The van der Waals surface area contributed by atoms with Crippen molar-refractivity contribution < 1.29 is 4.74 Å². The lowest BCUT2D eigenvalue weighted by molar-refractivity contribution is 0.242. The molecule has 0 saturated carbocycles. The van der Waals surface area contributed by atoms with Crippen LogP contribution in [0.3, 0.4) is 0 Å². The normalized spacial score (nSPS) is 12.4. The molecule has 0 spiro atoms. The van der Waals surface area contributed by atoms with Crippen LogP contribution in [-0.4, -0.2) is 10.7 Å². The first kappa shape index (κ1) is 15.3. The average molecular weight is 286 g/mol. The van der Waals surface area contributed by atoms with Crippen molar-refractivity contribution in [2.45, 2.75) is 39.5 Å². The van der Waals surface area contributed by atoms with Gasteiger partial charge in [-0.2, -0.15) is 0 Å². The Morgan fingerprint density at radius 1 is 1.19 bits per heavy atom. The fraction of sp³-hybridized carbons (Fsp3) is 0.353. The van der Waals surface area contributed by atoms with Crippen molar-refractivity contribution in [1.82, 2.24) is 4.57 Å². The number of nitrogens with two attached hydrogens (primary N) is 1. The lowest BCUT2D eigenvalue weighted by Gasteiger charge is -2.15. The molecule has 2 N–H and O–H groups in total. The molecule has 4 nitrogen and oxygen atoms in total. The van der Waals surface area contributed by atoms with Crippen molar-refractivity contribution in [3.63, 3.8) is 0 Å². The van der Waals surface area contributed by atoms with Crippen LogP contribution in [0.1, 0.15) is 31.0 Å². The van der Waals surface area contributed by atoms with Gasteiger partial charge in [0.05, 0.1) is 6.10 Å². The minimum absolute atomic E-state index is 0.0230. The molecule has 2 rings (SSSR count). The standard InChI is InChI=1S/C17H22N2O2/c1-12(2)21-15-6-4-14(5-7-15)16(18)11-19-9-8-13(3)10-17(19)20/h4-10,12,16H,11,18H2,1-3H3. The van der Waals surface area contributed by atoms with Crippen LogP contribution in [-0.2, 0) is 6.54 Å². The second-order valence-corrected chi connectivity index (χ2v) is 5.54. The van der Waals surface area contributed by atoms with E-state index in [1.165, 1.54) is 0 Å². The minimum atomic E-state index is -0.224. The maximum atomic E-state index is 11.9. The Balaban J connectivity index is 2.09. The smallest absolute Gasteiger partial charge is 0.250 e. The minimum Gasteiger partial charge on any atom is -0.491 e. The molecule has 1 atom stereocenters. The number of ether oxygens (including phenoxy) is 1. The molecule has 2 aromatic rings. The Kier molecular flexibility index (Phi) is 4.81. The molecule has 112 valence electrons. The van der Waals surface area contributed by atoms with E-state index in [4.69, 9.17) is 10.5 Å². The van der Waals surface area contributed by atoms with Gasteiger partial charge in [-0.1, -0.05) is 12.1 Å². The molecule has 1 aromatic heterocycles. The highest BCUT2D eigenvalue weighted by molar-refractivity contribution is 5.29. The van der Waals surface area contributed by atoms with Crippen molar-refractivity contribution in [3.05, 3.63) is 64.1 Å². The zero-order chi connectivity index (χ0) is 15.4. The molecule has 1 heterocycles. The van der Waals surface area contributed by atoms with E-state index in [0.717, 1.165) is 16.9 Å². The molecule has 0 radical (unpaired) electrons. The van der Waals surface area contributed by atoms with Crippen molar-refractivity contribution in [2.24, 2.45) is 5.73 Å². The molecule has 0 fully saturated rings. The number of pyridine rings is 1. The third kappa shape index (κ3) is 4.20. The Morgan fingerprint density at radius 2 is 1.86 bits per heavy atom. The molecular weight excluding hydrogens is 264 g/mol. The number of benzene rings is 1. The van der Waals surface area contributed by atoms with Crippen LogP contribution >= 0.6 is 0 Å². The topological polar surface area (TPSA) is 57.2 Å². The van der Waals surface area contributed by atoms with Gasteiger partial charge in [0.15, 0.2) is 0 Å². The van der Waals surface area contributed by atoms with Gasteiger partial charge >= 0.3 is 0 Å². The molecular formula is C17H22N2O2. The molecule has 4 heteroatoms. The summed E-state index contributed by atoms with van der Waals surface area (Å²) in [6.45, 7) is 6.34. The Labute approximate surface area is 125 Å². The van der Waals surface area contributed by atoms with Gasteiger partial charge in [0.2, 0.25) is 0 Å². The fourth-order valence-corrected chi connectivity index (χ4v) is 2.14. The molecule has 0 amide bonds. The van der Waals surface area contributed by atoms with E-state index in [-0.39, 0.29) is 17.7 Å². The van der Waals surface area contributed by atoms with Gasteiger partial charge in [-0.3, -0.25) is 4.79 Å². The Bertz CT molecular complexity index is 645. The predicted octanol–water partition coefficient (Wildman–Crippen LogP) is 2.64. The first-order valence-corrected chi connectivity index (χ1v) is 7.15. The van der Waals surface area contributed by atoms with Crippen molar-refractivity contribution >= 4 is 0 Å². The fourth-order valence-electron chi connectivity index (χ4n) is 2.14. The lowest BCUT2D eigenvalue weighted by Crippen LogP contribution is -2.26. The van der Waals surface area contributed by atoms with Crippen molar-refractivity contribution in [3.8, 4) is 5.75 Å². The quantitative estimate of drug-likeness (QED) is 0.919. The molecule has 0 aliphatic rings. The van der Waals surface area contributed by atoms with Crippen LogP contribution in [0.15, 0.2) is 47.4 Å².